The molecular formula is C16H25N3O. The van der Waals surface area contributed by atoms with Gasteiger partial charge in [0, 0.05) is 12.6 Å². The third-order valence-corrected chi connectivity index (χ3v) is 3.98. The molecule has 1 fully saturated rings. The van der Waals surface area contributed by atoms with Crippen LogP contribution in [0.15, 0.2) is 18.3 Å². The number of nitrogen functional groups attached to an aromatic ring is 1. The van der Waals surface area contributed by atoms with Crippen LogP contribution in [0.5, 0.6) is 0 Å². The number of rotatable bonds is 5. The van der Waals surface area contributed by atoms with Gasteiger partial charge in [-0.05, 0) is 37.3 Å². The van der Waals surface area contributed by atoms with Crippen LogP contribution >= 0.6 is 0 Å². The highest BCUT2D eigenvalue weighted by molar-refractivity contribution is 5.92. The Kier molecular flexibility index (Phi) is 4.99. The van der Waals surface area contributed by atoms with Crippen molar-refractivity contribution in [3.05, 3.63) is 24.0 Å². The Morgan fingerprint density at radius 1 is 1.40 bits per heavy atom. The van der Waals surface area contributed by atoms with Crippen molar-refractivity contribution in [3.8, 4) is 0 Å². The molecule has 0 atom stereocenters. The van der Waals surface area contributed by atoms with Crippen LogP contribution in [0.4, 0.5) is 5.69 Å². The number of amides is 1. The topological polar surface area (TPSA) is 59.2 Å². The second-order valence-corrected chi connectivity index (χ2v) is 6.10. The summed E-state index contributed by atoms with van der Waals surface area (Å²) in [5.74, 6) is 0.656. The van der Waals surface area contributed by atoms with Crippen molar-refractivity contribution < 1.29 is 4.79 Å². The van der Waals surface area contributed by atoms with E-state index in [-0.39, 0.29) is 5.91 Å². The lowest BCUT2D eigenvalue weighted by Gasteiger charge is -2.29. The lowest BCUT2D eigenvalue weighted by molar-refractivity contribution is 0.0666. The van der Waals surface area contributed by atoms with Crippen LogP contribution < -0.4 is 5.73 Å². The number of hydrogen-bond donors (Lipinski definition) is 1. The summed E-state index contributed by atoms with van der Waals surface area (Å²) in [7, 11) is 0. The van der Waals surface area contributed by atoms with E-state index in [0.717, 1.165) is 25.8 Å². The fourth-order valence-electron chi connectivity index (χ4n) is 2.74. The van der Waals surface area contributed by atoms with Gasteiger partial charge in [0.1, 0.15) is 5.69 Å². The first-order valence-electron chi connectivity index (χ1n) is 7.60. The van der Waals surface area contributed by atoms with Crippen LogP contribution in [0.25, 0.3) is 0 Å². The molecule has 1 amide bonds. The average Bonchev–Trinajstić information content (AvgIpc) is 2.93. The van der Waals surface area contributed by atoms with E-state index < -0.39 is 0 Å². The van der Waals surface area contributed by atoms with Gasteiger partial charge in [0.2, 0.25) is 0 Å². The number of anilines is 1. The van der Waals surface area contributed by atoms with Gasteiger partial charge in [-0.15, -0.1) is 0 Å². The lowest BCUT2D eigenvalue weighted by atomic mass is 10.1. The van der Waals surface area contributed by atoms with Crippen molar-refractivity contribution in [3.63, 3.8) is 0 Å². The first-order chi connectivity index (χ1) is 9.58. The van der Waals surface area contributed by atoms with Crippen molar-refractivity contribution in [2.75, 3.05) is 12.3 Å². The van der Waals surface area contributed by atoms with Crippen molar-refractivity contribution in [2.24, 2.45) is 5.92 Å². The quantitative estimate of drug-likeness (QED) is 0.898. The zero-order valence-electron chi connectivity index (χ0n) is 12.5. The maximum absolute atomic E-state index is 12.7. The van der Waals surface area contributed by atoms with Gasteiger partial charge in [0.25, 0.3) is 5.91 Å². The molecule has 1 aromatic rings. The maximum Gasteiger partial charge on any atom is 0.272 e. The Balaban J connectivity index is 2.11. The Morgan fingerprint density at radius 2 is 2.10 bits per heavy atom. The highest BCUT2D eigenvalue weighted by Gasteiger charge is 2.27. The number of hydrogen-bond acceptors (Lipinski definition) is 3. The molecule has 1 saturated carbocycles. The zero-order chi connectivity index (χ0) is 14.5. The minimum Gasteiger partial charge on any atom is -0.397 e. The van der Waals surface area contributed by atoms with Gasteiger partial charge in [-0.1, -0.05) is 26.7 Å². The Labute approximate surface area is 121 Å². The molecule has 1 heterocycles. The molecule has 20 heavy (non-hydrogen) atoms. The standard InChI is InChI=1S/C16H25N3O/c1-12(2)9-10-19(14-5-3-4-6-14)16(20)15-8-7-13(17)11-18-15/h7-8,11-12,14H,3-6,9-10,17H2,1-2H3. The molecule has 0 aliphatic heterocycles. The normalized spacial score (nSPS) is 15.8. The molecule has 4 heteroatoms. The fourth-order valence-corrected chi connectivity index (χ4v) is 2.74. The number of aromatic nitrogens is 1. The third kappa shape index (κ3) is 3.71. The molecular weight excluding hydrogens is 250 g/mol. The van der Waals surface area contributed by atoms with Crippen LogP contribution in [0.2, 0.25) is 0 Å². The van der Waals surface area contributed by atoms with Crippen molar-refractivity contribution in [1.29, 1.82) is 0 Å². The molecule has 4 nitrogen and oxygen atoms in total. The lowest BCUT2D eigenvalue weighted by Crippen LogP contribution is -2.40. The summed E-state index contributed by atoms with van der Waals surface area (Å²) >= 11 is 0. The molecule has 1 aliphatic carbocycles. The van der Waals surface area contributed by atoms with Gasteiger partial charge >= 0.3 is 0 Å². The SMILES string of the molecule is CC(C)CCN(C(=O)c1ccc(N)cn1)C1CCCC1. The van der Waals surface area contributed by atoms with E-state index in [1.54, 1.807) is 18.3 Å². The van der Waals surface area contributed by atoms with E-state index in [1.165, 1.54) is 12.8 Å². The Morgan fingerprint density at radius 3 is 2.65 bits per heavy atom. The molecule has 0 radical (unpaired) electrons. The van der Waals surface area contributed by atoms with Crippen molar-refractivity contribution >= 4 is 11.6 Å². The molecule has 110 valence electrons. The van der Waals surface area contributed by atoms with E-state index in [9.17, 15) is 4.79 Å². The van der Waals surface area contributed by atoms with Crippen LogP contribution in [0, 0.1) is 5.92 Å². The molecule has 2 N–H and O–H groups in total. The summed E-state index contributed by atoms with van der Waals surface area (Å²) in [6.07, 6.45) is 7.30. The van der Waals surface area contributed by atoms with Crippen LogP contribution in [-0.4, -0.2) is 28.4 Å². The van der Waals surface area contributed by atoms with Gasteiger partial charge in [0.05, 0.1) is 11.9 Å². The molecule has 0 spiro atoms. The summed E-state index contributed by atoms with van der Waals surface area (Å²) in [4.78, 5) is 18.9. The molecule has 1 aliphatic rings. The van der Waals surface area contributed by atoms with Crippen LogP contribution in [0.3, 0.4) is 0 Å². The van der Waals surface area contributed by atoms with E-state index in [1.807, 2.05) is 4.90 Å². The predicted octanol–water partition coefficient (Wildman–Crippen LogP) is 3.09. The van der Waals surface area contributed by atoms with Gasteiger partial charge in [-0.2, -0.15) is 0 Å². The summed E-state index contributed by atoms with van der Waals surface area (Å²) in [6, 6.07) is 3.87. The first kappa shape index (κ1) is 14.8. The molecule has 0 saturated heterocycles. The summed E-state index contributed by atoms with van der Waals surface area (Å²) in [5, 5.41) is 0. The maximum atomic E-state index is 12.7. The number of carbonyl (C=O) groups excluding carboxylic acids is 1. The molecule has 2 rings (SSSR count). The van der Waals surface area contributed by atoms with E-state index >= 15 is 0 Å². The number of carbonyl (C=O) groups is 1. The molecule has 1 aromatic heterocycles. The second-order valence-electron chi connectivity index (χ2n) is 6.10. The fraction of sp³-hybridized carbons (Fsp3) is 0.625. The van der Waals surface area contributed by atoms with Crippen LogP contribution in [-0.2, 0) is 0 Å². The van der Waals surface area contributed by atoms with Gasteiger partial charge < -0.3 is 10.6 Å². The number of nitrogens with two attached hydrogens (primary N) is 1. The zero-order valence-corrected chi connectivity index (χ0v) is 12.5. The third-order valence-electron chi connectivity index (χ3n) is 3.98. The Hall–Kier alpha value is -1.58. The Bertz CT molecular complexity index is 436. The molecule has 0 bridgehead atoms. The van der Waals surface area contributed by atoms with Crippen molar-refractivity contribution in [1.82, 2.24) is 9.88 Å². The monoisotopic (exact) mass is 275 g/mol. The average molecular weight is 275 g/mol. The predicted molar refractivity (Wildman–Crippen MR) is 81.4 cm³/mol. The summed E-state index contributed by atoms with van der Waals surface area (Å²) in [6.45, 7) is 5.21. The molecule has 0 unspecified atom stereocenters. The van der Waals surface area contributed by atoms with Gasteiger partial charge in [-0.3, -0.25) is 4.79 Å². The highest BCUT2D eigenvalue weighted by atomic mass is 16.2. The number of pyridine rings is 1. The number of nitrogens with zero attached hydrogens (tertiary/aromatic N) is 2. The van der Waals surface area contributed by atoms with Crippen LogP contribution in [0.1, 0.15) is 56.4 Å². The smallest absolute Gasteiger partial charge is 0.272 e. The van der Waals surface area contributed by atoms with E-state index in [4.69, 9.17) is 5.73 Å². The minimum atomic E-state index is 0.0533. The van der Waals surface area contributed by atoms with Crippen molar-refractivity contribution in [2.45, 2.75) is 52.0 Å². The minimum absolute atomic E-state index is 0.0533. The molecule has 0 aromatic carbocycles. The van der Waals surface area contributed by atoms with E-state index in [2.05, 4.69) is 18.8 Å². The van der Waals surface area contributed by atoms with E-state index in [0.29, 0.717) is 23.3 Å². The highest BCUT2D eigenvalue weighted by Crippen LogP contribution is 2.25. The second kappa shape index (κ2) is 6.73. The summed E-state index contributed by atoms with van der Waals surface area (Å²) in [5.41, 5.74) is 6.74. The largest absolute Gasteiger partial charge is 0.397 e. The first-order valence-corrected chi connectivity index (χ1v) is 7.60. The van der Waals surface area contributed by atoms with Gasteiger partial charge in [0.15, 0.2) is 0 Å². The summed E-state index contributed by atoms with van der Waals surface area (Å²) < 4.78 is 0. The van der Waals surface area contributed by atoms with Gasteiger partial charge in [-0.25, -0.2) is 4.98 Å².